The molecule has 126 valence electrons. The van der Waals surface area contributed by atoms with Crippen LogP contribution in [0.5, 0.6) is 0 Å². The highest BCUT2D eigenvalue weighted by molar-refractivity contribution is 6.61. The van der Waals surface area contributed by atoms with E-state index in [1.54, 1.807) is 12.1 Å². The van der Waals surface area contributed by atoms with Gasteiger partial charge in [-0.25, -0.2) is 0 Å². The zero-order valence-electron chi connectivity index (χ0n) is 13.1. The molecule has 0 saturated carbocycles. The van der Waals surface area contributed by atoms with Crippen LogP contribution in [0.1, 0.15) is 6.92 Å². The van der Waals surface area contributed by atoms with Gasteiger partial charge >= 0.3 is 7.12 Å². The fraction of sp³-hybridized carbons (Fsp3) is 0.294. The Morgan fingerprint density at radius 1 is 1.00 bits per heavy atom. The van der Waals surface area contributed by atoms with Crippen LogP contribution in [-0.4, -0.2) is 33.0 Å². The summed E-state index contributed by atoms with van der Waals surface area (Å²) in [5.74, 6) is 0. The van der Waals surface area contributed by atoms with Crippen LogP contribution in [0, 0.1) is 0 Å². The van der Waals surface area contributed by atoms with Crippen molar-refractivity contribution in [2.75, 3.05) is 19.8 Å². The van der Waals surface area contributed by atoms with E-state index in [2.05, 4.69) is 0 Å². The van der Waals surface area contributed by atoms with Crippen molar-refractivity contribution in [3.63, 3.8) is 0 Å². The van der Waals surface area contributed by atoms with Crippen LogP contribution >= 0.6 is 34.8 Å². The average Bonchev–Trinajstić information content (AvgIpc) is 2.60. The van der Waals surface area contributed by atoms with Gasteiger partial charge in [-0.15, -0.1) is 0 Å². The molecule has 0 radical (unpaired) electrons. The van der Waals surface area contributed by atoms with Gasteiger partial charge in [-0.05, 0) is 35.6 Å². The monoisotopic (exact) mass is 384 g/mol. The first-order valence-corrected chi connectivity index (χ1v) is 8.81. The molecule has 0 bridgehead atoms. The van der Waals surface area contributed by atoms with Gasteiger partial charge in [-0.2, -0.15) is 0 Å². The van der Waals surface area contributed by atoms with E-state index in [0.717, 1.165) is 16.6 Å². The van der Waals surface area contributed by atoms with E-state index in [9.17, 15) is 0 Å². The highest BCUT2D eigenvalue weighted by Gasteiger charge is 2.29. The van der Waals surface area contributed by atoms with Gasteiger partial charge in [-0.1, -0.05) is 59.1 Å². The van der Waals surface area contributed by atoms with E-state index < -0.39 is 0 Å². The van der Waals surface area contributed by atoms with Gasteiger partial charge < -0.3 is 14.0 Å². The van der Waals surface area contributed by atoms with Crippen LogP contribution in [0.25, 0.3) is 11.1 Å². The summed E-state index contributed by atoms with van der Waals surface area (Å²) in [4.78, 5) is 0. The maximum atomic E-state index is 6.09. The Balaban J connectivity index is 1.72. The van der Waals surface area contributed by atoms with Crippen molar-refractivity contribution in [2.24, 2.45) is 0 Å². The van der Waals surface area contributed by atoms with Crippen molar-refractivity contribution in [3.8, 4) is 11.1 Å². The van der Waals surface area contributed by atoms with E-state index in [-0.39, 0.29) is 13.2 Å². The summed E-state index contributed by atoms with van der Waals surface area (Å²) in [6, 6.07) is 11.5. The lowest BCUT2D eigenvalue weighted by molar-refractivity contribution is -0.0376. The Morgan fingerprint density at radius 3 is 2.12 bits per heavy atom. The molecule has 7 heteroatoms. The number of rotatable bonds is 4. The van der Waals surface area contributed by atoms with Crippen molar-refractivity contribution in [1.29, 1.82) is 0 Å². The Hall–Kier alpha value is -0.745. The Bertz CT molecular complexity index is 678. The molecule has 1 aliphatic rings. The molecule has 0 aliphatic carbocycles. The highest BCUT2D eigenvalue weighted by Crippen LogP contribution is 2.34. The molecule has 0 aromatic heterocycles. The molecule has 1 aliphatic heterocycles. The minimum atomic E-state index is -0.367. The van der Waals surface area contributed by atoms with Crippen molar-refractivity contribution in [3.05, 3.63) is 51.5 Å². The van der Waals surface area contributed by atoms with Gasteiger partial charge in [0, 0.05) is 6.61 Å². The first-order chi connectivity index (χ1) is 11.6. The fourth-order valence-corrected chi connectivity index (χ4v) is 3.16. The van der Waals surface area contributed by atoms with Gasteiger partial charge in [0.2, 0.25) is 0 Å². The molecular formula is C17H16BCl3O3. The van der Waals surface area contributed by atoms with E-state index in [4.69, 9.17) is 48.8 Å². The lowest BCUT2D eigenvalue weighted by atomic mass is 9.77. The van der Waals surface area contributed by atoms with Gasteiger partial charge in [0.15, 0.2) is 0 Å². The summed E-state index contributed by atoms with van der Waals surface area (Å²) in [5.41, 5.74) is 2.85. The maximum Gasteiger partial charge on any atom is 0.494 e. The predicted octanol–water partition coefficient (Wildman–Crippen LogP) is 4.46. The van der Waals surface area contributed by atoms with Crippen LogP contribution in [0.3, 0.4) is 0 Å². The number of halogens is 3. The molecule has 3 rings (SSSR count). The number of benzene rings is 2. The van der Waals surface area contributed by atoms with Gasteiger partial charge in [0.05, 0.1) is 28.3 Å². The second-order valence-corrected chi connectivity index (χ2v) is 6.64. The first-order valence-electron chi connectivity index (χ1n) is 7.68. The molecule has 0 amide bonds. The molecule has 1 saturated heterocycles. The summed E-state index contributed by atoms with van der Waals surface area (Å²) >= 11 is 18.2. The Labute approximate surface area is 156 Å². The fourth-order valence-electron chi connectivity index (χ4n) is 2.56. The molecule has 1 fully saturated rings. The van der Waals surface area contributed by atoms with Crippen molar-refractivity contribution < 1.29 is 14.0 Å². The summed E-state index contributed by atoms with van der Waals surface area (Å²) in [5, 5.41) is 1.24. The predicted molar refractivity (Wildman–Crippen MR) is 99.6 cm³/mol. The number of hydrogen-bond acceptors (Lipinski definition) is 3. The first kappa shape index (κ1) is 18.1. The van der Waals surface area contributed by atoms with Crippen molar-refractivity contribution >= 4 is 47.4 Å². The molecule has 1 heterocycles. The molecular weight excluding hydrogens is 369 g/mol. The maximum absolute atomic E-state index is 6.09. The van der Waals surface area contributed by atoms with Crippen LogP contribution in [-0.2, 0) is 14.0 Å². The minimum absolute atomic E-state index is 0.00359. The van der Waals surface area contributed by atoms with Crippen molar-refractivity contribution in [1.82, 2.24) is 0 Å². The smallest absolute Gasteiger partial charge is 0.404 e. The second-order valence-electron chi connectivity index (χ2n) is 5.45. The van der Waals surface area contributed by atoms with Crippen LogP contribution in [0.4, 0.5) is 0 Å². The van der Waals surface area contributed by atoms with E-state index in [1.807, 2.05) is 31.2 Å². The second kappa shape index (κ2) is 8.09. The van der Waals surface area contributed by atoms with Crippen LogP contribution < -0.4 is 5.46 Å². The standard InChI is InChI=1S/C17H16BCl3O3/c1-2-22-14-9-23-18(24-10-14)13-5-3-11(4-6-13)12-7-15(19)17(21)16(20)8-12/h3-8,14H,2,9-10H2,1H3. The SMILES string of the molecule is CCOC1COB(c2ccc(-c3cc(Cl)c(Cl)c(Cl)c3)cc2)OC1. The summed E-state index contributed by atoms with van der Waals surface area (Å²) < 4.78 is 16.9. The van der Waals surface area contributed by atoms with Crippen LogP contribution in [0.15, 0.2) is 36.4 Å². The molecule has 2 aromatic carbocycles. The molecule has 0 unspecified atom stereocenters. The zero-order chi connectivity index (χ0) is 17.1. The van der Waals surface area contributed by atoms with Gasteiger partial charge in [0.25, 0.3) is 0 Å². The lowest BCUT2D eigenvalue weighted by Gasteiger charge is -2.27. The molecule has 0 spiro atoms. The van der Waals surface area contributed by atoms with Crippen molar-refractivity contribution in [2.45, 2.75) is 13.0 Å². The van der Waals surface area contributed by atoms with Gasteiger partial charge in [0.1, 0.15) is 6.10 Å². The zero-order valence-corrected chi connectivity index (χ0v) is 15.4. The number of ether oxygens (including phenoxy) is 1. The molecule has 2 aromatic rings. The van der Waals surface area contributed by atoms with Crippen LogP contribution in [0.2, 0.25) is 15.1 Å². The summed E-state index contributed by atoms with van der Waals surface area (Å²) in [6.45, 7) is 3.67. The molecule has 3 nitrogen and oxygen atoms in total. The lowest BCUT2D eigenvalue weighted by Crippen LogP contribution is -2.47. The normalized spacial score (nSPS) is 15.8. The number of hydrogen-bond donors (Lipinski definition) is 0. The average molecular weight is 385 g/mol. The van der Waals surface area contributed by atoms with E-state index in [1.165, 1.54) is 0 Å². The third kappa shape index (κ3) is 4.08. The quantitative estimate of drug-likeness (QED) is 0.574. The molecule has 0 atom stereocenters. The highest BCUT2D eigenvalue weighted by atomic mass is 35.5. The Morgan fingerprint density at radius 2 is 1.58 bits per heavy atom. The minimum Gasteiger partial charge on any atom is -0.404 e. The topological polar surface area (TPSA) is 27.7 Å². The summed E-state index contributed by atoms with van der Waals surface area (Å²) in [6.07, 6.45) is 0.00359. The third-order valence-corrected chi connectivity index (χ3v) is 4.97. The van der Waals surface area contributed by atoms with Gasteiger partial charge in [-0.3, -0.25) is 0 Å². The third-order valence-electron chi connectivity index (χ3n) is 3.77. The largest absolute Gasteiger partial charge is 0.494 e. The Kier molecular flexibility index (Phi) is 6.09. The molecule has 24 heavy (non-hydrogen) atoms. The summed E-state index contributed by atoms with van der Waals surface area (Å²) in [7, 11) is -0.367. The van der Waals surface area contributed by atoms with E-state index in [0.29, 0.717) is 34.9 Å². The molecule has 0 N–H and O–H groups in total. The van der Waals surface area contributed by atoms with E-state index >= 15 is 0 Å².